The van der Waals surface area contributed by atoms with E-state index in [1.54, 1.807) is 22.7 Å². The van der Waals surface area contributed by atoms with Crippen molar-refractivity contribution >= 4 is 119 Å². The Kier molecular flexibility index (Phi) is 4.77. The second kappa shape index (κ2) is 9.02. The number of hydrogen-bond donors (Lipinski definition) is 0. The van der Waals surface area contributed by atoms with Gasteiger partial charge in [0.05, 0.1) is 0 Å². The van der Waals surface area contributed by atoms with Gasteiger partial charge in [0.25, 0.3) is 0 Å². The zero-order chi connectivity index (χ0) is 31.1. The van der Waals surface area contributed by atoms with Gasteiger partial charge in [-0.25, -0.2) is 9.97 Å². The molecule has 0 atom stereocenters. The summed E-state index contributed by atoms with van der Waals surface area (Å²) in [4.78, 5) is 12.6. The Morgan fingerprint density at radius 2 is 0.625 bits per heavy atom. The van der Waals surface area contributed by atoms with Crippen molar-refractivity contribution in [1.29, 1.82) is 0 Å². The minimum Gasteiger partial charge on any atom is -0.223 e. The van der Waals surface area contributed by atoms with E-state index in [4.69, 9.17) is 9.97 Å². The van der Waals surface area contributed by atoms with Crippen LogP contribution < -0.4 is 0 Å². The highest BCUT2D eigenvalue weighted by atomic mass is 32.1. The summed E-state index contributed by atoms with van der Waals surface area (Å²) >= 11 is 3.42. The van der Waals surface area contributed by atoms with E-state index in [1.165, 1.54) is 97.3 Å². The summed E-state index contributed by atoms with van der Waals surface area (Å²) in [5.41, 5.74) is 2.37. The molecule has 48 heavy (non-hydrogen) atoms. The highest BCUT2D eigenvalue weighted by Crippen LogP contribution is 2.48. The summed E-state index contributed by atoms with van der Waals surface area (Å²) in [6.45, 7) is 0. The highest BCUT2D eigenvalue weighted by molar-refractivity contribution is 7.29. The SMILES string of the molecule is c1cc2cccc3c4c(-c5nc6sc(-c7ccc8cccc9c%10cccc%11cccc(c7c89)c%11%10)nc6s5)ccc5cccc(c(c1)c23)c54. The monoisotopic (exact) mass is 642 g/mol. The van der Waals surface area contributed by atoms with Crippen LogP contribution in [0.3, 0.4) is 0 Å². The first-order chi connectivity index (χ1) is 23.8. The molecule has 0 radical (unpaired) electrons. The maximum atomic E-state index is 5.32. The number of fused-ring (bicyclic) bond motifs is 5. The molecule has 0 fully saturated rings. The lowest BCUT2D eigenvalue weighted by Crippen LogP contribution is -1.89. The zero-order valence-corrected chi connectivity index (χ0v) is 27.0. The van der Waals surface area contributed by atoms with E-state index in [-0.39, 0.29) is 0 Å². The van der Waals surface area contributed by atoms with Gasteiger partial charge in [0.1, 0.15) is 10.0 Å². The Morgan fingerprint density at radius 1 is 0.292 bits per heavy atom. The van der Waals surface area contributed by atoms with Gasteiger partial charge < -0.3 is 0 Å². The lowest BCUT2D eigenvalue weighted by Gasteiger charge is -2.16. The Hall–Kier alpha value is -5.68. The summed E-state index contributed by atoms with van der Waals surface area (Å²) in [5, 5.41) is 22.8. The summed E-state index contributed by atoms with van der Waals surface area (Å²) in [6.07, 6.45) is 0. The highest BCUT2D eigenvalue weighted by Gasteiger charge is 2.22. The molecular weight excluding hydrogens is 621 g/mol. The number of rotatable bonds is 2. The van der Waals surface area contributed by atoms with E-state index in [1.807, 2.05) is 0 Å². The molecule has 10 aromatic carbocycles. The molecule has 0 aliphatic carbocycles. The van der Waals surface area contributed by atoms with E-state index in [0.29, 0.717) is 0 Å². The van der Waals surface area contributed by atoms with E-state index in [2.05, 4.69) is 133 Å². The van der Waals surface area contributed by atoms with Gasteiger partial charge in [0, 0.05) is 21.9 Å². The number of aromatic nitrogens is 2. The molecule has 2 nitrogen and oxygen atoms in total. The molecule has 0 amide bonds. The van der Waals surface area contributed by atoms with Gasteiger partial charge in [-0.05, 0) is 75.4 Å². The quantitative estimate of drug-likeness (QED) is 0.138. The van der Waals surface area contributed by atoms with E-state index in [0.717, 1.165) is 19.7 Å². The fourth-order valence-electron chi connectivity index (χ4n) is 8.54. The second-order valence-electron chi connectivity index (χ2n) is 12.9. The molecule has 0 aliphatic heterocycles. The number of benzene rings is 10. The molecule has 0 aliphatic rings. The lowest BCUT2D eigenvalue weighted by atomic mass is 9.88. The van der Waals surface area contributed by atoms with Crippen molar-refractivity contribution in [2.75, 3.05) is 0 Å². The molecule has 2 aromatic heterocycles. The predicted octanol–water partition coefficient (Wildman–Crippen LogP) is 13.2. The van der Waals surface area contributed by atoms with Crippen LogP contribution in [0.4, 0.5) is 0 Å². The Bertz CT molecular complexity index is 3030. The van der Waals surface area contributed by atoms with Crippen LogP contribution in [0, 0.1) is 0 Å². The molecule has 220 valence electrons. The molecule has 2 heterocycles. The van der Waals surface area contributed by atoms with Crippen LogP contribution >= 0.6 is 22.7 Å². The third-order valence-electron chi connectivity index (χ3n) is 10.5. The maximum Gasteiger partial charge on any atom is 0.155 e. The topological polar surface area (TPSA) is 25.8 Å². The van der Waals surface area contributed by atoms with Crippen LogP contribution in [-0.4, -0.2) is 9.97 Å². The first-order valence-electron chi connectivity index (χ1n) is 16.2. The van der Waals surface area contributed by atoms with Gasteiger partial charge >= 0.3 is 0 Å². The Balaban J connectivity index is 1.12. The second-order valence-corrected chi connectivity index (χ2v) is 14.8. The van der Waals surface area contributed by atoms with Gasteiger partial charge in [-0.15, -0.1) is 0 Å². The van der Waals surface area contributed by atoms with Crippen LogP contribution in [0.5, 0.6) is 0 Å². The van der Waals surface area contributed by atoms with Gasteiger partial charge in [0.15, 0.2) is 9.66 Å². The van der Waals surface area contributed by atoms with Crippen LogP contribution in [0.15, 0.2) is 133 Å². The molecule has 4 heteroatoms. The zero-order valence-electron chi connectivity index (χ0n) is 25.4. The van der Waals surface area contributed by atoms with Gasteiger partial charge in [0.2, 0.25) is 0 Å². The van der Waals surface area contributed by atoms with Crippen molar-refractivity contribution in [2.45, 2.75) is 0 Å². The summed E-state index contributed by atoms with van der Waals surface area (Å²) < 4.78 is 0. The first-order valence-corrected chi connectivity index (χ1v) is 17.9. The fourth-order valence-corrected chi connectivity index (χ4v) is 10.6. The standard InChI is InChI=1S/C44H22N2S2/c1-7-23-9-5-17-31-35(23)27(13-1)29-15-3-11-25-19-21-33(39(31)37(25)29)41-45-43-44(47-41)46-42(48-43)34-22-20-26-12-4-16-30-28-14-2-8-24-10-6-18-32(36(24)28)40(34)38(26)30/h1-22H. The maximum absolute atomic E-state index is 5.32. The van der Waals surface area contributed by atoms with Gasteiger partial charge in [-0.1, -0.05) is 156 Å². The average molecular weight is 643 g/mol. The van der Waals surface area contributed by atoms with Crippen molar-refractivity contribution in [1.82, 2.24) is 9.97 Å². The molecule has 0 bridgehead atoms. The lowest BCUT2D eigenvalue weighted by molar-refractivity contribution is 1.50. The van der Waals surface area contributed by atoms with Crippen LogP contribution in [0.25, 0.3) is 117 Å². The number of nitrogens with zero attached hydrogens (tertiary/aromatic N) is 2. The summed E-state index contributed by atoms with van der Waals surface area (Å²) in [5.74, 6) is 0. The number of thiazole rings is 2. The minimum absolute atomic E-state index is 0.995. The molecule has 0 saturated heterocycles. The Morgan fingerprint density at radius 3 is 1.02 bits per heavy atom. The van der Waals surface area contributed by atoms with E-state index in [9.17, 15) is 0 Å². The van der Waals surface area contributed by atoms with Crippen LogP contribution in [0.2, 0.25) is 0 Å². The third kappa shape index (κ3) is 3.17. The Labute approximate surface area is 281 Å². The fraction of sp³-hybridized carbons (Fsp3) is 0. The molecule has 0 N–H and O–H groups in total. The van der Waals surface area contributed by atoms with Crippen molar-refractivity contribution in [2.24, 2.45) is 0 Å². The summed E-state index contributed by atoms with van der Waals surface area (Å²) in [7, 11) is 0. The van der Waals surface area contributed by atoms with Gasteiger partial charge in [-0.2, -0.15) is 0 Å². The van der Waals surface area contributed by atoms with Crippen LogP contribution in [0.1, 0.15) is 0 Å². The van der Waals surface area contributed by atoms with Crippen molar-refractivity contribution in [3.05, 3.63) is 133 Å². The van der Waals surface area contributed by atoms with Crippen molar-refractivity contribution in [3.63, 3.8) is 0 Å². The average Bonchev–Trinajstić information content (AvgIpc) is 3.72. The molecule has 12 rings (SSSR count). The molecule has 0 spiro atoms. The van der Waals surface area contributed by atoms with E-state index < -0.39 is 0 Å². The largest absolute Gasteiger partial charge is 0.223 e. The van der Waals surface area contributed by atoms with Crippen LogP contribution in [-0.2, 0) is 0 Å². The van der Waals surface area contributed by atoms with E-state index >= 15 is 0 Å². The molecule has 12 aromatic rings. The summed E-state index contributed by atoms with van der Waals surface area (Å²) in [6, 6.07) is 49.2. The third-order valence-corrected chi connectivity index (χ3v) is 12.6. The predicted molar refractivity (Wildman–Crippen MR) is 209 cm³/mol. The molecule has 0 unspecified atom stereocenters. The normalized spacial score (nSPS) is 12.6. The van der Waals surface area contributed by atoms with Crippen molar-refractivity contribution in [3.8, 4) is 21.1 Å². The van der Waals surface area contributed by atoms with Crippen molar-refractivity contribution < 1.29 is 0 Å². The number of hydrogen-bond acceptors (Lipinski definition) is 4. The first kappa shape index (κ1) is 25.4. The smallest absolute Gasteiger partial charge is 0.155 e. The van der Waals surface area contributed by atoms with Gasteiger partial charge in [-0.3, -0.25) is 0 Å². The minimum atomic E-state index is 0.995. The molecule has 0 saturated carbocycles. The molecular formula is C44H22N2S2.